The molecule has 1 aromatic carbocycles. The number of aliphatic hydroxyl groups excluding tert-OH is 2. The van der Waals surface area contributed by atoms with Gasteiger partial charge in [-0.25, -0.2) is 4.39 Å². The van der Waals surface area contributed by atoms with Gasteiger partial charge in [-0.1, -0.05) is 19.1 Å². The molecule has 3 N–H and O–H groups in total. The summed E-state index contributed by atoms with van der Waals surface area (Å²) in [6.45, 7) is 1.50. The number of hydrogen-bond donors (Lipinski definition) is 3. The Hall–Kier alpha value is -1.48. The zero-order chi connectivity index (χ0) is 13.6. The predicted molar refractivity (Wildman–Crippen MR) is 65.1 cm³/mol. The monoisotopic (exact) mass is 252 g/mol. The van der Waals surface area contributed by atoms with E-state index in [0.717, 1.165) is 0 Å². The SMILES string of the molecule is CCC(CO)(CO)NCc1cccc(C#N)c1F. The lowest BCUT2D eigenvalue weighted by Gasteiger charge is -2.30. The van der Waals surface area contributed by atoms with E-state index in [-0.39, 0.29) is 25.3 Å². The molecule has 0 amide bonds. The summed E-state index contributed by atoms with van der Waals surface area (Å²) in [5, 5.41) is 30.2. The highest BCUT2D eigenvalue weighted by atomic mass is 19.1. The molecule has 0 aliphatic carbocycles. The van der Waals surface area contributed by atoms with Crippen molar-refractivity contribution in [2.24, 2.45) is 0 Å². The van der Waals surface area contributed by atoms with E-state index < -0.39 is 11.4 Å². The van der Waals surface area contributed by atoms with Crippen LogP contribution in [0.25, 0.3) is 0 Å². The quantitative estimate of drug-likeness (QED) is 0.703. The van der Waals surface area contributed by atoms with E-state index >= 15 is 0 Å². The highest BCUT2D eigenvalue weighted by Crippen LogP contribution is 2.15. The molecule has 0 saturated heterocycles. The Balaban J connectivity index is 2.84. The molecule has 0 fully saturated rings. The molecule has 4 nitrogen and oxygen atoms in total. The number of halogens is 1. The summed E-state index contributed by atoms with van der Waals surface area (Å²) in [5.41, 5.74) is -0.493. The zero-order valence-electron chi connectivity index (χ0n) is 10.3. The normalized spacial score (nSPS) is 11.3. The molecule has 0 unspecified atom stereocenters. The van der Waals surface area contributed by atoms with Crippen LogP contribution in [0, 0.1) is 17.1 Å². The summed E-state index contributed by atoms with van der Waals surface area (Å²) in [5.74, 6) is -0.562. The Kier molecular flexibility index (Phi) is 5.23. The minimum Gasteiger partial charge on any atom is -0.394 e. The van der Waals surface area contributed by atoms with Crippen molar-refractivity contribution >= 4 is 0 Å². The number of benzene rings is 1. The second kappa shape index (κ2) is 6.45. The molecule has 0 atom stereocenters. The highest BCUT2D eigenvalue weighted by molar-refractivity contribution is 5.34. The van der Waals surface area contributed by atoms with Gasteiger partial charge in [0.1, 0.15) is 11.9 Å². The van der Waals surface area contributed by atoms with Gasteiger partial charge in [0.2, 0.25) is 0 Å². The van der Waals surface area contributed by atoms with E-state index in [2.05, 4.69) is 5.32 Å². The van der Waals surface area contributed by atoms with Crippen LogP contribution in [0.2, 0.25) is 0 Å². The maximum absolute atomic E-state index is 13.8. The minimum absolute atomic E-state index is 0.00982. The maximum Gasteiger partial charge on any atom is 0.145 e. The lowest BCUT2D eigenvalue weighted by atomic mass is 9.98. The fourth-order valence-electron chi connectivity index (χ4n) is 1.60. The van der Waals surface area contributed by atoms with Crippen LogP contribution >= 0.6 is 0 Å². The number of nitrogens with zero attached hydrogens (tertiary/aromatic N) is 1. The van der Waals surface area contributed by atoms with E-state index in [1.54, 1.807) is 18.2 Å². The molecule has 0 saturated carbocycles. The first-order chi connectivity index (χ1) is 8.62. The first kappa shape index (κ1) is 14.6. The average Bonchev–Trinajstić information content (AvgIpc) is 2.42. The summed E-state index contributed by atoms with van der Waals surface area (Å²) in [7, 11) is 0. The van der Waals surface area contributed by atoms with Gasteiger partial charge in [-0.15, -0.1) is 0 Å². The van der Waals surface area contributed by atoms with Gasteiger partial charge in [-0.3, -0.25) is 0 Å². The van der Waals surface area contributed by atoms with Crippen LogP contribution in [0.4, 0.5) is 4.39 Å². The van der Waals surface area contributed by atoms with Crippen molar-refractivity contribution in [3.05, 3.63) is 35.1 Å². The van der Waals surface area contributed by atoms with E-state index in [1.807, 2.05) is 6.92 Å². The van der Waals surface area contributed by atoms with Crippen LogP contribution in [-0.2, 0) is 6.54 Å². The van der Waals surface area contributed by atoms with Crippen LogP contribution in [0.3, 0.4) is 0 Å². The molecule has 1 rings (SSSR count). The number of hydrogen-bond acceptors (Lipinski definition) is 4. The Morgan fingerprint density at radius 2 is 2.06 bits per heavy atom. The van der Waals surface area contributed by atoms with Crippen LogP contribution in [0.15, 0.2) is 18.2 Å². The Bertz CT molecular complexity index is 431. The molecule has 0 aromatic heterocycles. The van der Waals surface area contributed by atoms with Gasteiger partial charge in [0.15, 0.2) is 0 Å². The van der Waals surface area contributed by atoms with Gasteiger partial charge in [0.25, 0.3) is 0 Å². The lowest BCUT2D eigenvalue weighted by Crippen LogP contribution is -2.50. The van der Waals surface area contributed by atoms with Crippen molar-refractivity contribution in [3.8, 4) is 6.07 Å². The van der Waals surface area contributed by atoms with Crippen molar-refractivity contribution in [2.75, 3.05) is 13.2 Å². The fourth-order valence-corrected chi connectivity index (χ4v) is 1.60. The van der Waals surface area contributed by atoms with E-state index in [9.17, 15) is 14.6 Å². The first-order valence-corrected chi connectivity index (χ1v) is 5.76. The van der Waals surface area contributed by atoms with Gasteiger partial charge in [-0.2, -0.15) is 5.26 Å². The van der Waals surface area contributed by atoms with Crippen LogP contribution in [0.5, 0.6) is 0 Å². The van der Waals surface area contributed by atoms with E-state index in [1.165, 1.54) is 6.07 Å². The minimum atomic E-state index is -0.824. The van der Waals surface area contributed by atoms with Gasteiger partial charge >= 0.3 is 0 Å². The van der Waals surface area contributed by atoms with E-state index in [0.29, 0.717) is 12.0 Å². The maximum atomic E-state index is 13.8. The third-order valence-electron chi connectivity index (χ3n) is 3.14. The molecule has 0 heterocycles. The lowest BCUT2D eigenvalue weighted by molar-refractivity contribution is 0.0861. The number of nitrogens with one attached hydrogen (secondary N) is 1. The van der Waals surface area contributed by atoms with Crippen molar-refractivity contribution in [1.82, 2.24) is 5.32 Å². The molecule has 0 radical (unpaired) electrons. The van der Waals surface area contributed by atoms with Crippen molar-refractivity contribution in [2.45, 2.75) is 25.4 Å². The van der Waals surface area contributed by atoms with Gasteiger partial charge in [0, 0.05) is 12.1 Å². The van der Waals surface area contributed by atoms with Crippen LogP contribution in [0.1, 0.15) is 24.5 Å². The molecule has 18 heavy (non-hydrogen) atoms. The smallest absolute Gasteiger partial charge is 0.145 e. The largest absolute Gasteiger partial charge is 0.394 e. The summed E-state index contributed by atoms with van der Waals surface area (Å²) in [6, 6.07) is 6.35. The number of aliphatic hydroxyl groups is 2. The fraction of sp³-hybridized carbons (Fsp3) is 0.462. The predicted octanol–water partition coefficient (Wildman–Crippen LogP) is 0.920. The van der Waals surface area contributed by atoms with Crippen molar-refractivity contribution in [1.29, 1.82) is 5.26 Å². The molecular formula is C13H17FN2O2. The Labute approximate surface area is 106 Å². The molecule has 0 aliphatic heterocycles. The second-order valence-electron chi connectivity index (χ2n) is 4.19. The molecule has 98 valence electrons. The Morgan fingerprint density at radius 3 is 2.56 bits per heavy atom. The second-order valence-corrected chi connectivity index (χ2v) is 4.19. The zero-order valence-corrected chi connectivity index (χ0v) is 10.3. The summed E-state index contributed by atoms with van der Waals surface area (Å²) in [6.07, 6.45) is 0.513. The van der Waals surface area contributed by atoms with Gasteiger partial charge in [0.05, 0.1) is 24.3 Å². The third-order valence-corrected chi connectivity index (χ3v) is 3.14. The van der Waals surface area contributed by atoms with Crippen LogP contribution in [-0.4, -0.2) is 29.0 Å². The standard InChI is InChI=1S/C13H17FN2O2/c1-2-13(8-17,9-18)16-7-11-5-3-4-10(6-15)12(11)14/h3-5,16-18H,2,7-9H2,1H3. The number of nitriles is 1. The Morgan fingerprint density at radius 1 is 1.39 bits per heavy atom. The van der Waals surface area contributed by atoms with Crippen molar-refractivity contribution in [3.63, 3.8) is 0 Å². The molecule has 0 spiro atoms. The molecule has 1 aromatic rings. The molecule has 5 heteroatoms. The van der Waals surface area contributed by atoms with Gasteiger partial charge < -0.3 is 15.5 Å². The molecule has 0 aliphatic rings. The van der Waals surface area contributed by atoms with Gasteiger partial charge in [-0.05, 0) is 12.5 Å². The number of rotatable bonds is 6. The summed E-state index contributed by atoms with van der Waals surface area (Å²) >= 11 is 0. The van der Waals surface area contributed by atoms with Crippen LogP contribution < -0.4 is 5.32 Å². The van der Waals surface area contributed by atoms with E-state index in [4.69, 9.17) is 5.26 Å². The van der Waals surface area contributed by atoms with Crippen molar-refractivity contribution < 1.29 is 14.6 Å². The highest BCUT2D eigenvalue weighted by Gasteiger charge is 2.26. The summed E-state index contributed by atoms with van der Waals surface area (Å²) < 4.78 is 13.8. The third kappa shape index (κ3) is 3.05. The summed E-state index contributed by atoms with van der Waals surface area (Å²) in [4.78, 5) is 0. The molecule has 0 bridgehead atoms. The average molecular weight is 252 g/mol. The topological polar surface area (TPSA) is 76.3 Å². The first-order valence-electron chi connectivity index (χ1n) is 5.76. The molecular weight excluding hydrogens is 235 g/mol.